The number of ether oxygens (including phenoxy) is 1. The van der Waals surface area contributed by atoms with Crippen LogP contribution in [0.5, 0.6) is 0 Å². The molecule has 2 amide bonds. The molecule has 2 aliphatic carbocycles. The SMILES string of the molecule is Cc1nn(COCCS(C)(C)C)c(C)c1-c1ccc(NC(=O)C(NC(=O)c2conc2C(C)C)C(C2CC2)C2CC2)nc1F. The molecule has 1 atom stereocenters. The third kappa shape index (κ3) is 7.51. The lowest BCUT2D eigenvalue weighted by Crippen LogP contribution is -2.50. The van der Waals surface area contributed by atoms with Crippen LogP contribution in [0.3, 0.4) is 0 Å². The van der Waals surface area contributed by atoms with Gasteiger partial charge in [0.1, 0.15) is 30.4 Å². The van der Waals surface area contributed by atoms with Crippen molar-refractivity contribution in [3.05, 3.63) is 47.0 Å². The van der Waals surface area contributed by atoms with Crippen molar-refractivity contribution >= 4 is 27.7 Å². The predicted octanol–water partition coefficient (Wildman–Crippen LogP) is 5.65. The summed E-state index contributed by atoms with van der Waals surface area (Å²) in [7, 11) is -0.657. The Morgan fingerprint density at radius 2 is 1.82 bits per heavy atom. The number of rotatable bonds is 14. The van der Waals surface area contributed by atoms with Gasteiger partial charge >= 0.3 is 0 Å². The summed E-state index contributed by atoms with van der Waals surface area (Å²) >= 11 is 0. The number of anilines is 1. The van der Waals surface area contributed by atoms with Crippen molar-refractivity contribution in [1.29, 1.82) is 0 Å². The van der Waals surface area contributed by atoms with E-state index < -0.39 is 33.8 Å². The van der Waals surface area contributed by atoms with Gasteiger partial charge in [0.05, 0.1) is 18.0 Å². The van der Waals surface area contributed by atoms with Gasteiger partial charge in [0.15, 0.2) is 0 Å². The highest BCUT2D eigenvalue weighted by atomic mass is 32.3. The number of hydrogen-bond donors (Lipinski definition) is 2. The van der Waals surface area contributed by atoms with Crippen molar-refractivity contribution in [3.63, 3.8) is 0 Å². The Morgan fingerprint density at radius 1 is 1.14 bits per heavy atom. The number of nitrogens with one attached hydrogen (secondary N) is 2. The quantitative estimate of drug-likeness (QED) is 0.175. The third-order valence-electron chi connectivity index (χ3n) is 8.48. The smallest absolute Gasteiger partial charge is 0.257 e. The zero-order chi connectivity index (χ0) is 31.8. The summed E-state index contributed by atoms with van der Waals surface area (Å²) in [6.45, 7) is 8.49. The minimum atomic E-state index is -0.787. The molecule has 0 aromatic carbocycles. The number of pyridine rings is 1. The fraction of sp³-hybridized carbons (Fsp3) is 0.594. The number of carbonyl (C=O) groups is 2. The number of nitrogens with zero attached hydrogens (tertiary/aromatic N) is 4. The first-order chi connectivity index (χ1) is 20.8. The molecule has 3 heterocycles. The van der Waals surface area contributed by atoms with Gasteiger partial charge in [-0.05, 0) is 94.1 Å². The van der Waals surface area contributed by atoms with Crippen LogP contribution < -0.4 is 10.6 Å². The van der Waals surface area contributed by atoms with Crippen molar-refractivity contribution in [2.45, 2.75) is 72.1 Å². The molecule has 0 bridgehead atoms. The second-order valence-electron chi connectivity index (χ2n) is 13.4. The summed E-state index contributed by atoms with van der Waals surface area (Å²) in [5.41, 5.74) is 3.26. The van der Waals surface area contributed by atoms with Gasteiger partial charge in [-0.15, -0.1) is 0 Å². The van der Waals surface area contributed by atoms with E-state index in [2.05, 4.69) is 44.6 Å². The minimum Gasteiger partial charge on any atom is -0.364 e. The van der Waals surface area contributed by atoms with Gasteiger partial charge in [-0.25, -0.2) is 19.7 Å². The molecule has 240 valence electrons. The van der Waals surface area contributed by atoms with Gasteiger partial charge < -0.3 is 19.9 Å². The van der Waals surface area contributed by atoms with E-state index >= 15 is 4.39 Å². The number of halogens is 1. The minimum absolute atomic E-state index is 0.00796. The number of carbonyl (C=O) groups excluding carboxylic acids is 2. The fourth-order valence-electron chi connectivity index (χ4n) is 5.85. The summed E-state index contributed by atoms with van der Waals surface area (Å²) in [5.74, 6) is 0.309. The number of aryl methyl sites for hydroxylation is 1. The molecule has 2 N–H and O–H groups in total. The van der Waals surface area contributed by atoms with E-state index in [0.29, 0.717) is 46.5 Å². The lowest BCUT2D eigenvalue weighted by molar-refractivity contribution is -0.119. The first-order valence-electron chi connectivity index (χ1n) is 15.3. The maximum absolute atomic E-state index is 15.5. The highest BCUT2D eigenvalue weighted by Crippen LogP contribution is 2.51. The molecule has 3 aromatic heterocycles. The molecular formula is C32H45FN6O4S. The predicted molar refractivity (Wildman–Crippen MR) is 170 cm³/mol. The molecule has 0 radical (unpaired) electrons. The van der Waals surface area contributed by atoms with Crippen LogP contribution in [0.2, 0.25) is 0 Å². The van der Waals surface area contributed by atoms with E-state index in [0.717, 1.165) is 37.1 Å². The molecule has 0 spiro atoms. The molecule has 12 heteroatoms. The van der Waals surface area contributed by atoms with Crippen molar-refractivity contribution < 1.29 is 23.2 Å². The summed E-state index contributed by atoms with van der Waals surface area (Å²) in [6, 6.07) is 2.42. The lowest BCUT2D eigenvalue weighted by atomic mass is 9.88. The van der Waals surface area contributed by atoms with Crippen LogP contribution >= 0.6 is 10.0 Å². The molecule has 10 nitrogen and oxygen atoms in total. The molecular weight excluding hydrogens is 583 g/mol. The Balaban J connectivity index is 1.32. The zero-order valence-electron chi connectivity index (χ0n) is 26.8. The number of amides is 2. The lowest BCUT2D eigenvalue weighted by Gasteiger charge is -2.27. The normalized spacial score (nSPS) is 16.4. The monoisotopic (exact) mass is 628 g/mol. The van der Waals surface area contributed by atoms with E-state index in [1.54, 1.807) is 16.8 Å². The van der Waals surface area contributed by atoms with E-state index in [1.807, 2.05) is 27.7 Å². The van der Waals surface area contributed by atoms with Gasteiger partial charge in [-0.1, -0.05) is 19.0 Å². The van der Waals surface area contributed by atoms with Gasteiger partial charge in [0.2, 0.25) is 11.9 Å². The van der Waals surface area contributed by atoms with Crippen molar-refractivity contribution in [2.75, 3.05) is 36.4 Å². The number of aromatic nitrogens is 4. The van der Waals surface area contributed by atoms with E-state index in [4.69, 9.17) is 9.26 Å². The first-order valence-corrected chi connectivity index (χ1v) is 18.4. The van der Waals surface area contributed by atoms with Gasteiger partial charge in [-0.2, -0.15) is 9.49 Å². The number of hydrogen-bond acceptors (Lipinski definition) is 7. The average molecular weight is 629 g/mol. The van der Waals surface area contributed by atoms with Crippen LogP contribution in [-0.2, 0) is 16.3 Å². The Hall–Kier alpha value is -3.25. The summed E-state index contributed by atoms with van der Waals surface area (Å²) in [6.07, 6.45) is 12.2. The topological polar surface area (TPSA) is 124 Å². The van der Waals surface area contributed by atoms with Crippen LogP contribution in [0.25, 0.3) is 11.1 Å². The summed E-state index contributed by atoms with van der Waals surface area (Å²) < 4.78 is 28.2. The average Bonchev–Trinajstić information content (AvgIpc) is 3.88. The first kappa shape index (κ1) is 32.2. The van der Waals surface area contributed by atoms with Crippen LogP contribution in [0.15, 0.2) is 22.9 Å². The van der Waals surface area contributed by atoms with Crippen LogP contribution in [0.4, 0.5) is 10.2 Å². The highest BCUT2D eigenvalue weighted by Gasteiger charge is 2.48. The second-order valence-corrected chi connectivity index (χ2v) is 18.0. The second kappa shape index (κ2) is 13.0. The van der Waals surface area contributed by atoms with Crippen molar-refractivity contribution in [2.24, 2.45) is 17.8 Å². The van der Waals surface area contributed by atoms with E-state index in [9.17, 15) is 9.59 Å². The molecule has 2 fully saturated rings. The molecule has 5 rings (SSSR count). The van der Waals surface area contributed by atoms with Crippen molar-refractivity contribution in [1.82, 2.24) is 25.2 Å². The van der Waals surface area contributed by atoms with E-state index in [-0.39, 0.29) is 24.4 Å². The highest BCUT2D eigenvalue weighted by molar-refractivity contribution is 8.32. The molecule has 2 saturated carbocycles. The third-order valence-corrected chi connectivity index (χ3v) is 9.87. The fourth-order valence-corrected chi connectivity index (χ4v) is 6.46. The van der Waals surface area contributed by atoms with Gasteiger partial charge in [0, 0.05) is 22.6 Å². The van der Waals surface area contributed by atoms with Crippen LogP contribution in [-0.4, -0.2) is 68.9 Å². The maximum atomic E-state index is 15.5. The van der Waals surface area contributed by atoms with Crippen LogP contribution in [0, 0.1) is 37.5 Å². The molecule has 1 unspecified atom stereocenters. The summed E-state index contributed by atoms with van der Waals surface area (Å²) in [5, 5.41) is 14.3. The van der Waals surface area contributed by atoms with Crippen LogP contribution in [0.1, 0.15) is 72.9 Å². The molecule has 3 aromatic rings. The standard InChI is InChI=1S/C32H45FN6O4S/c1-18(2)28-24(16-43-38-28)31(40)36-29(27(21-8-9-21)22-10-11-22)32(41)35-25-13-12-23(30(33)34-25)26-19(3)37-39(20(26)4)17-42-14-15-44(5,6)7/h12-13,16,18,21-22,27,29H,8-11,14-15,17H2,1-7H3,(H,36,40)(H,34,35,41). The Morgan fingerprint density at radius 3 is 2.41 bits per heavy atom. The Bertz CT molecular complexity index is 1490. The maximum Gasteiger partial charge on any atom is 0.257 e. The largest absolute Gasteiger partial charge is 0.364 e. The summed E-state index contributed by atoms with van der Waals surface area (Å²) in [4.78, 5) is 31.2. The zero-order valence-corrected chi connectivity index (χ0v) is 27.6. The Kier molecular flexibility index (Phi) is 9.50. The van der Waals surface area contributed by atoms with Crippen molar-refractivity contribution in [3.8, 4) is 11.1 Å². The molecule has 44 heavy (non-hydrogen) atoms. The van der Waals surface area contributed by atoms with Gasteiger partial charge in [0.25, 0.3) is 5.91 Å². The molecule has 0 aliphatic heterocycles. The van der Waals surface area contributed by atoms with Gasteiger partial charge in [-0.3, -0.25) is 9.59 Å². The molecule has 0 saturated heterocycles. The van der Waals surface area contributed by atoms with E-state index in [1.165, 1.54) is 6.26 Å². The Labute approximate surface area is 260 Å². The molecule has 2 aliphatic rings.